The second kappa shape index (κ2) is 5.79. The van der Waals surface area contributed by atoms with E-state index in [1.54, 1.807) is 6.92 Å². The first-order valence-corrected chi connectivity index (χ1v) is 7.22. The number of carboxylic acids is 1. The van der Waals surface area contributed by atoms with E-state index in [1.165, 1.54) is 0 Å². The number of nitrogens with one attached hydrogen (secondary N) is 1. The molecule has 0 bridgehead atoms. The van der Waals surface area contributed by atoms with Crippen LogP contribution >= 0.6 is 0 Å². The number of urea groups is 1. The van der Waals surface area contributed by atoms with Gasteiger partial charge in [-0.2, -0.15) is 0 Å². The first-order chi connectivity index (χ1) is 10.3. The Balaban J connectivity index is 2.24. The van der Waals surface area contributed by atoms with Gasteiger partial charge >= 0.3 is 12.0 Å². The van der Waals surface area contributed by atoms with Crippen LogP contribution in [-0.2, 0) is 15.1 Å². The number of carbonyl (C=O) groups excluding carboxylic acids is 2. The van der Waals surface area contributed by atoms with Gasteiger partial charge in [-0.1, -0.05) is 38.1 Å². The maximum absolute atomic E-state index is 12.5. The summed E-state index contributed by atoms with van der Waals surface area (Å²) in [5.74, 6) is -1.09. The lowest BCUT2D eigenvalue weighted by molar-refractivity contribution is -0.138. The molecule has 3 amide bonds. The minimum atomic E-state index is -1.15. The van der Waals surface area contributed by atoms with Gasteiger partial charge in [0.1, 0.15) is 5.54 Å². The smallest absolute Gasteiger partial charge is 0.325 e. The van der Waals surface area contributed by atoms with E-state index in [2.05, 4.69) is 19.2 Å². The van der Waals surface area contributed by atoms with E-state index in [4.69, 9.17) is 5.11 Å². The van der Waals surface area contributed by atoms with Crippen LogP contribution in [0.2, 0.25) is 0 Å². The molecule has 6 nitrogen and oxygen atoms in total. The normalized spacial score (nSPS) is 21.4. The summed E-state index contributed by atoms with van der Waals surface area (Å²) in [6, 6.07) is 6.97. The van der Waals surface area contributed by atoms with Crippen molar-refractivity contribution < 1.29 is 19.5 Å². The minimum absolute atomic E-state index is 0.125. The molecule has 1 aromatic rings. The number of amides is 3. The lowest BCUT2D eigenvalue weighted by Gasteiger charge is -2.22. The summed E-state index contributed by atoms with van der Waals surface area (Å²) < 4.78 is 0. The molecular formula is C16H20N2O4. The monoisotopic (exact) mass is 304 g/mol. The number of aliphatic carboxylic acids is 1. The van der Waals surface area contributed by atoms with E-state index in [0.717, 1.165) is 10.5 Å². The van der Waals surface area contributed by atoms with E-state index in [0.29, 0.717) is 11.5 Å². The van der Waals surface area contributed by atoms with Crippen molar-refractivity contribution >= 4 is 17.9 Å². The molecule has 1 aliphatic rings. The third-order valence-corrected chi connectivity index (χ3v) is 3.98. The molecule has 1 unspecified atom stereocenters. The fraction of sp³-hybridized carbons (Fsp3) is 0.438. The van der Waals surface area contributed by atoms with Gasteiger partial charge in [-0.15, -0.1) is 0 Å². The van der Waals surface area contributed by atoms with Crippen molar-refractivity contribution in [3.05, 3.63) is 35.4 Å². The van der Waals surface area contributed by atoms with E-state index in [9.17, 15) is 14.4 Å². The number of carboxylic acid groups (broad SMARTS) is 1. The van der Waals surface area contributed by atoms with Crippen molar-refractivity contribution in [2.24, 2.45) is 0 Å². The summed E-state index contributed by atoms with van der Waals surface area (Å²) in [6.45, 7) is 5.66. The average molecular weight is 304 g/mol. The SMILES string of the molecule is CC(C)c1ccc(C2(C)NC(=O)N(CCC(=O)O)C2=O)cc1. The molecule has 0 aliphatic carbocycles. The van der Waals surface area contributed by atoms with Crippen LogP contribution in [0.3, 0.4) is 0 Å². The van der Waals surface area contributed by atoms with E-state index >= 15 is 0 Å². The summed E-state index contributed by atoms with van der Waals surface area (Å²) in [6.07, 6.45) is -0.262. The maximum Gasteiger partial charge on any atom is 0.325 e. The highest BCUT2D eigenvalue weighted by Crippen LogP contribution is 2.30. The Morgan fingerprint density at radius 2 is 1.86 bits per heavy atom. The Labute approximate surface area is 129 Å². The number of rotatable bonds is 5. The highest BCUT2D eigenvalue weighted by molar-refractivity contribution is 6.07. The molecule has 6 heteroatoms. The Hall–Kier alpha value is -2.37. The van der Waals surface area contributed by atoms with Crippen LogP contribution in [-0.4, -0.2) is 34.5 Å². The largest absolute Gasteiger partial charge is 0.481 e. The predicted octanol–water partition coefficient (Wildman–Crippen LogP) is 2.05. The fourth-order valence-corrected chi connectivity index (χ4v) is 2.50. The first-order valence-electron chi connectivity index (χ1n) is 7.22. The van der Waals surface area contributed by atoms with Crippen LogP contribution in [0, 0.1) is 0 Å². The number of carbonyl (C=O) groups is 3. The van der Waals surface area contributed by atoms with Gasteiger partial charge in [0.25, 0.3) is 5.91 Å². The van der Waals surface area contributed by atoms with Crippen LogP contribution < -0.4 is 5.32 Å². The molecule has 0 spiro atoms. The third-order valence-electron chi connectivity index (χ3n) is 3.98. The molecule has 118 valence electrons. The van der Waals surface area contributed by atoms with Crippen molar-refractivity contribution in [2.75, 3.05) is 6.54 Å². The molecule has 0 saturated carbocycles. The maximum atomic E-state index is 12.5. The van der Waals surface area contributed by atoms with Gasteiger partial charge in [0.15, 0.2) is 0 Å². The van der Waals surface area contributed by atoms with Gasteiger partial charge < -0.3 is 10.4 Å². The van der Waals surface area contributed by atoms with Crippen molar-refractivity contribution in [1.82, 2.24) is 10.2 Å². The van der Waals surface area contributed by atoms with Crippen LogP contribution in [0.25, 0.3) is 0 Å². The Bertz CT molecular complexity index is 609. The molecule has 1 saturated heterocycles. The molecular weight excluding hydrogens is 284 g/mol. The van der Waals surface area contributed by atoms with Gasteiger partial charge in [0, 0.05) is 6.54 Å². The average Bonchev–Trinajstić information content (AvgIpc) is 2.68. The van der Waals surface area contributed by atoms with Gasteiger partial charge in [-0.05, 0) is 24.0 Å². The Morgan fingerprint density at radius 1 is 1.27 bits per heavy atom. The summed E-state index contributed by atoms with van der Waals surface area (Å²) in [5, 5.41) is 11.4. The molecule has 1 fully saturated rings. The molecule has 0 aromatic heterocycles. The molecule has 1 aromatic carbocycles. The highest BCUT2D eigenvalue weighted by atomic mass is 16.4. The zero-order chi connectivity index (χ0) is 16.5. The van der Waals surface area contributed by atoms with Crippen molar-refractivity contribution in [3.8, 4) is 0 Å². The topological polar surface area (TPSA) is 86.7 Å². The van der Waals surface area contributed by atoms with E-state index < -0.39 is 23.4 Å². The number of benzene rings is 1. The number of imide groups is 1. The van der Waals surface area contributed by atoms with Crippen molar-refractivity contribution in [1.29, 1.82) is 0 Å². The quantitative estimate of drug-likeness (QED) is 0.815. The van der Waals surface area contributed by atoms with Crippen LogP contribution in [0.15, 0.2) is 24.3 Å². The number of hydrogen-bond acceptors (Lipinski definition) is 3. The molecule has 2 N–H and O–H groups in total. The van der Waals surface area contributed by atoms with Crippen LogP contribution in [0.4, 0.5) is 4.79 Å². The van der Waals surface area contributed by atoms with E-state index in [1.807, 2.05) is 24.3 Å². The lowest BCUT2D eigenvalue weighted by Crippen LogP contribution is -2.41. The molecule has 2 rings (SSSR count). The summed E-state index contributed by atoms with van der Waals surface area (Å²) >= 11 is 0. The Kier molecular flexibility index (Phi) is 4.21. The number of hydrogen-bond donors (Lipinski definition) is 2. The van der Waals surface area contributed by atoms with Crippen molar-refractivity contribution in [3.63, 3.8) is 0 Å². The second-order valence-corrected chi connectivity index (χ2v) is 5.93. The molecule has 1 heterocycles. The van der Waals surface area contributed by atoms with Crippen LogP contribution in [0.1, 0.15) is 44.2 Å². The summed E-state index contributed by atoms with van der Waals surface area (Å²) in [4.78, 5) is 36.1. The highest BCUT2D eigenvalue weighted by Gasteiger charge is 2.48. The summed E-state index contributed by atoms with van der Waals surface area (Å²) in [5.41, 5.74) is 0.686. The fourth-order valence-electron chi connectivity index (χ4n) is 2.50. The van der Waals surface area contributed by atoms with Gasteiger partial charge in [-0.3, -0.25) is 14.5 Å². The molecule has 22 heavy (non-hydrogen) atoms. The standard InChI is InChI=1S/C16H20N2O4/c1-10(2)11-4-6-12(7-5-11)16(3)14(21)18(15(22)17-16)9-8-13(19)20/h4-7,10H,8-9H2,1-3H3,(H,17,22)(H,19,20). The summed E-state index contributed by atoms with van der Waals surface area (Å²) in [7, 11) is 0. The second-order valence-electron chi connectivity index (χ2n) is 5.93. The first kappa shape index (κ1) is 16.0. The molecule has 1 atom stereocenters. The van der Waals surface area contributed by atoms with Crippen LogP contribution in [0.5, 0.6) is 0 Å². The lowest BCUT2D eigenvalue weighted by atomic mass is 9.90. The molecule has 0 radical (unpaired) electrons. The predicted molar refractivity (Wildman–Crippen MR) is 80.4 cm³/mol. The van der Waals surface area contributed by atoms with Gasteiger partial charge in [-0.25, -0.2) is 4.79 Å². The van der Waals surface area contributed by atoms with Gasteiger partial charge in [0.05, 0.1) is 6.42 Å². The zero-order valence-corrected chi connectivity index (χ0v) is 12.9. The Morgan fingerprint density at radius 3 is 2.36 bits per heavy atom. The number of nitrogens with zero attached hydrogens (tertiary/aromatic N) is 1. The minimum Gasteiger partial charge on any atom is -0.481 e. The van der Waals surface area contributed by atoms with Crippen molar-refractivity contribution in [2.45, 2.75) is 38.6 Å². The zero-order valence-electron chi connectivity index (χ0n) is 12.9. The third kappa shape index (κ3) is 2.81. The molecule has 1 aliphatic heterocycles. The van der Waals surface area contributed by atoms with E-state index in [-0.39, 0.29) is 13.0 Å². The van der Waals surface area contributed by atoms with Gasteiger partial charge in [0.2, 0.25) is 0 Å².